The van der Waals surface area contributed by atoms with E-state index in [4.69, 9.17) is 0 Å². The molecule has 0 radical (unpaired) electrons. The van der Waals surface area contributed by atoms with Crippen LogP contribution in [0.15, 0.2) is 35.5 Å². The van der Waals surface area contributed by atoms with Crippen LogP contribution >= 0.6 is 0 Å². The van der Waals surface area contributed by atoms with Crippen LogP contribution in [-0.4, -0.2) is 5.78 Å². The number of allylic oxidation sites excluding steroid dienone is 5. The molecule has 2 fully saturated rings. The van der Waals surface area contributed by atoms with E-state index < -0.39 is 0 Å². The van der Waals surface area contributed by atoms with Gasteiger partial charge in [-0.25, -0.2) is 0 Å². The maximum absolute atomic E-state index is 12.4. The van der Waals surface area contributed by atoms with Crippen molar-refractivity contribution in [2.75, 3.05) is 0 Å². The molecule has 0 spiro atoms. The predicted molar refractivity (Wildman–Crippen MR) is 109 cm³/mol. The van der Waals surface area contributed by atoms with Crippen molar-refractivity contribution in [3.05, 3.63) is 35.5 Å². The minimum atomic E-state index is 0.115. The van der Waals surface area contributed by atoms with Crippen molar-refractivity contribution in [1.29, 1.82) is 0 Å². The Morgan fingerprint density at radius 3 is 2.65 bits per heavy atom. The fourth-order valence-electron chi connectivity index (χ4n) is 8.02. The zero-order valence-corrected chi connectivity index (χ0v) is 17.4. The molecule has 0 N–H and O–H groups in total. The van der Waals surface area contributed by atoms with Gasteiger partial charge in [-0.3, -0.25) is 4.79 Å². The van der Waals surface area contributed by atoms with Crippen molar-refractivity contribution in [2.24, 2.45) is 40.4 Å². The molecule has 1 heteroatoms. The number of hydrogen-bond acceptors (Lipinski definition) is 1. The van der Waals surface area contributed by atoms with Gasteiger partial charge in [-0.15, -0.1) is 6.58 Å². The summed E-state index contributed by atoms with van der Waals surface area (Å²) in [6.07, 6.45) is 12.3. The second-order valence-electron chi connectivity index (χ2n) is 10.4. The van der Waals surface area contributed by atoms with Gasteiger partial charge in [0.15, 0.2) is 5.78 Å². The van der Waals surface area contributed by atoms with Crippen LogP contribution in [0.2, 0.25) is 0 Å². The third-order valence-corrected chi connectivity index (χ3v) is 9.08. The number of carbonyl (C=O) groups is 1. The summed E-state index contributed by atoms with van der Waals surface area (Å²) in [5.74, 6) is 3.85. The number of carbonyl (C=O) groups excluding carboxylic acids is 1. The molecule has 0 saturated heterocycles. The average Bonchev–Trinajstić information content (AvgIpc) is 2.85. The number of rotatable bonds is 2. The highest BCUT2D eigenvalue weighted by Gasteiger charge is 2.59. The molecule has 4 aliphatic rings. The van der Waals surface area contributed by atoms with Gasteiger partial charge in [-0.05, 0) is 98.4 Å². The van der Waals surface area contributed by atoms with Crippen LogP contribution < -0.4 is 0 Å². The van der Waals surface area contributed by atoms with Gasteiger partial charge in [0.1, 0.15) is 0 Å². The van der Waals surface area contributed by atoms with Gasteiger partial charge < -0.3 is 0 Å². The summed E-state index contributed by atoms with van der Waals surface area (Å²) < 4.78 is 0. The Hall–Kier alpha value is -1.11. The molecule has 0 amide bonds. The van der Waals surface area contributed by atoms with E-state index in [0.29, 0.717) is 23.0 Å². The number of hydrogen-bond donors (Lipinski definition) is 0. The Kier molecular flexibility index (Phi) is 4.18. The van der Waals surface area contributed by atoms with E-state index in [1.165, 1.54) is 43.3 Å². The highest BCUT2D eigenvalue weighted by atomic mass is 16.1. The largest absolute Gasteiger partial charge is 0.295 e. The molecule has 4 aliphatic carbocycles. The highest BCUT2D eigenvalue weighted by Crippen LogP contribution is 2.67. The molecule has 0 aromatic rings. The van der Waals surface area contributed by atoms with E-state index in [0.717, 1.165) is 24.2 Å². The smallest absolute Gasteiger partial charge is 0.156 e. The summed E-state index contributed by atoms with van der Waals surface area (Å²) in [5.41, 5.74) is 4.69. The minimum Gasteiger partial charge on any atom is -0.295 e. The summed E-state index contributed by atoms with van der Waals surface area (Å²) in [5, 5.41) is 0. The summed E-state index contributed by atoms with van der Waals surface area (Å²) in [6.45, 7) is 15.6. The molecule has 0 aromatic heterocycles. The second kappa shape index (κ2) is 5.94. The summed E-state index contributed by atoms with van der Waals surface area (Å²) in [4.78, 5) is 12.4. The van der Waals surface area contributed by atoms with Crippen molar-refractivity contribution in [1.82, 2.24) is 0 Å². The van der Waals surface area contributed by atoms with Crippen LogP contribution in [0.3, 0.4) is 0 Å². The summed E-state index contributed by atoms with van der Waals surface area (Å²) >= 11 is 0. The van der Waals surface area contributed by atoms with Gasteiger partial charge in [-0.2, -0.15) is 0 Å². The lowest BCUT2D eigenvalue weighted by Crippen LogP contribution is -2.52. The fraction of sp³-hybridized carbons (Fsp3) is 0.720. The molecule has 2 saturated carbocycles. The van der Waals surface area contributed by atoms with Crippen molar-refractivity contribution in [3.8, 4) is 0 Å². The number of ketones is 1. The van der Waals surface area contributed by atoms with E-state index in [1.807, 2.05) is 0 Å². The Morgan fingerprint density at radius 2 is 2.00 bits per heavy atom. The lowest BCUT2D eigenvalue weighted by Gasteiger charge is -2.60. The summed E-state index contributed by atoms with van der Waals surface area (Å²) in [7, 11) is 0. The Labute approximate surface area is 160 Å². The topological polar surface area (TPSA) is 17.1 Å². The maximum atomic E-state index is 12.4. The van der Waals surface area contributed by atoms with E-state index in [2.05, 4.69) is 46.4 Å². The first-order valence-electron chi connectivity index (χ1n) is 10.8. The lowest BCUT2D eigenvalue weighted by molar-refractivity contribution is -0.116. The molecule has 1 nitrogen and oxygen atoms in total. The number of Topliss-reactive ketones (excluding diaryl/α,β-unsaturated/α-hetero) is 1. The first kappa shape index (κ1) is 18.3. The quantitative estimate of drug-likeness (QED) is 0.517. The van der Waals surface area contributed by atoms with Crippen LogP contribution in [0.5, 0.6) is 0 Å². The van der Waals surface area contributed by atoms with Gasteiger partial charge in [0.2, 0.25) is 0 Å². The second-order valence-corrected chi connectivity index (χ2v) is 10.4. The van der Waals surface area contributed by atoms with Crippen molar-refractivity contribution in [3.63, 3.8) is 0 Å². The normalized spacial score (nSPS) is 47.6. The van der Waals surface area contributed by atoms with Crippen LogP contribution in [0.25, 0.3) is 0 Å². The van der Waals surface area contributed by atoms with Gasteiger partial charge in [0, 0.05) is 0 Å². The summed E-state index contributed by atoms with van der Waals surface area (Å²) in [6, 6.07) is 0. The Morgan fingerprint density at radius 1 is 1.27 bits per heavy atom. The van der Waals surface area contributed by atoms with Crippen molar-refractivity contribution < 1.29 is 4.79 Å². The molecule has 7 atom stereocenters. The average molecular weight is 353 g/mol. The highest BCUT2D eigenvalue weighted by molar-refractivity contribution is 5.96. The third kappa shape index (κ3) is 2.25. The monoisotopic (exact) mass is 352 g/mol. The molecule has 142 valence electrons. The van der Waals surface area contributed by atoms with E-state index in [9.17, 15) is 4.79 Å². The molecule has 0 aliphatic heterocycles. The standard InChI is InChI=1S/C25H36O/c1-7-18-12-15(2)13-19-8-9-20-21(25(18,19)6)10-11-24(5)22(20)14-16(3)23(24)17(4)26/h7-8,15,18,20-22H,1,9-14H2,2-6H3/t15?,18?,20-,21+,22+,24+,25+/m1/s1. The zero-order chi connectivity index (χ0) is 18.9. The number of fused-ring (bicyclic) bond motifs is 5. The van der Waals surface area contributed by atoms with Gasteiger partial charge >= 0.3 is 0 Å². The predicted octanol–water partition coefficient (Wildman–Crippen LogP) is 6.51. The molecule has 0 bridgehead atoms. The van der Waals surface area contributed by atoms with Crippen molar-refractivity contribution >= 4 is 5.78 Å². The zero-order valence-electron chi connectivity index (χ0n) is 17.4. The molecular formula is C25H36O. The SMILES string of the molecule is C=CC1CC(C)CC2=CC[C@H]3[C@@H]4CC(C)=C(C(C)=O)[C@@]4(C)CC[C@@H]3[C@]21C. The lowest BCUT2D eigenvalue weighted by atomic mass is 9.44. The molecule has 0 aromatic carbocycles. The Bertz CT molecular complexity index is 710. The minimum absolute atomic E-state index is 0.115. The first-order valence-corrected chi connectivity index (χ1v) is 10.8. The van der Waals surface area contributed by atoms with Crippen LogP contribution in [0.1, 0.15) is 73.1 Å². The van der Waals surface area contributed by atoms with Gasteiger partial charge in [-0.1, -0.05) is 44.1 Å². The molecular weight excluding hydrogens is 316 g/mol. The van der Waals surface area contributed by atoms with Crippen LogP contribution in [-0.2, 0) is 4.79 Å². The van der Waals surface area contributed by atoms with Gasteiger partial charge in [0.05, 0.1) is 0 Å². The van der Waals surface area contributed by atoms with Crippen LogP contribution in [0.4, 0.5) is 0 Å². The maximum Gasteiger partial charge on any atom is 0.156 e. The first-order chi connectivity index (χ1) is 12.2. The fourth-order valence-corrected chi connectivity index (χ4v) is 8.02. The van der Waals surface area contributed by atoms with Crippen LogP contribution in [0, 0.1) is 40.4 Å². The molecule has 26 heavy (non-hydrogen) atoms. The van der Waals surface area contributed by atoms with E-state index >= 15 is 0 Å². The van der Waals surface area contributed by atoms with Gasteiger partial charge in [0.25, 0.3) is 0 Å². The van der Waals surface area contributed by atoms with Crippen molar-refractivity contribution in [2.45, 2.75) is 73.1 Å². The third-order valence-electron chi connectivity index (χ3n) is 9.08. The Balaban J connectivity index is 1.74. The molecule has 2 unspecified atom stereocenters. The van der Waals surface area contributed by atoms with E-state index in [-0.39, 0.29) is 5.41 Å². The molecule has 0 heterocycles. The molecule has 4 rings (SSSR count). The van der Waals surface area contributed by atoms with E-state index in [1.54, 1.807) is 12.5 Å².